The number of pyridine rings is 1. The number of aromatic nitrogens is 1. The maximum atomic E-state index is 5.65. The Morgan fingerprint density at radius 1 is 1.25 bits per heavy atom. The summed E-state index contributed by atoms with van der Waals surface area (Å²) in [6.07, 6.45) is 2.69. The van der Waals surface area contributed by atoms with Crippen molar-refractivity contribution in [2.75, 3.05) is 19.8 Å². The van der Waals surface area contributed by atoms with Crippen LogP contribution in [0.4, 0.5) is 0 Å². The molecule has 0 amide bonds. The van der Waals surface area contributed by atoms with Crippen LogP contribution in [0.1, 0.15) is 20.3 Å². The van der Waals surface area contributed by atoms with Crippen molar-refractivity contribution in [2.24, 2.45) is 5.92 Å². The summed E-state index contributed by atoms with van der Waals surface area (Å²) in [4.78, 5) is 3.92. The molecule has 3 nitrogen and oxygen atoms in total. The van der Waals surface area contributed by atoms with Crippen molar-refractivity contribution in [1.82, 2.24) is 4.98 Å². The Hall–Kier alpha value is -0.800. The SMILES string of the molecule is CC(C)CCOCCOc1ccc(Cl)nc1. The number of rotatable bonds is 7. The van der Waals surface area contributed by atoms with Crippen molar-refractivity contribution in [3.05, 3.63) is 23.5 Å². The van der Waals surface area contributed by atoms with Crippen LogP contribution in [0.5, 0.6) is 5.75 Å². The molecule has 0 atom stereocenters. The molecule has 1 aromatic heterocycles. The van der Waals surface area contributed by atoms with Crippen LogP contribution in [0.15, 0.2) is 18.3 Å². The van der Waals surface area contributed by atoms with E-state index in [-0.39, 0.29) is 0 Å². The number of ether oxygens (including phenoxy) is 2. The van der Waals surface area contributed by atoms with Gasteiger partial charge in [-0.3, -0.25) is 0 Å². The zero-order valence-corrected chi connectivity index (χ0v) is 10.5. The summed E-state index contributed by atoms with van der Waals surface area (Å²) in [5.41, 5.74) is 0. The van der Waals surface area contributed by atoms with Gasteiger partial charge >= 0.3 is 0 Å². The predicted molar refractivity (Wildman–Crippen MR) is 65.0 cm³/mol. The molecule has 4 heteroatoms. The molecule has 0 saturated heterocycles. The van der Waals surface area contributed by atoms with Gasteiger partial charge < -0.3 is 9.47 Å². The first-order valence-corrected chi connectivity index (χ1v) is 5.88. The van der Waals surface area contributed by atoms with Crippen LogP contribution in [0.2, 0.25) is 5.15 Å². The highest BCUT2D eigenvalue weighted by molar-refractivity contribution is 6.29. The van der Waals surface area contributed by atoms with Gasteiger partial charge in [0.2, 0.25) is 0 Å². The molecular weight excluding hydrogens is 226 g/mol. The van der Waals surface area contributed by atoms with Gasteiger partial charge in [-0.2, -0.15) is 0 Å². The number of halogens is 1. The van der Waals surface area contributed by atoms with E-state index in [0.717, 1.165) is 18.8 Å². The second-order valence-corrected chi connectivity index (χ2v) is 4.35. The molecule has 0 saturated carbocycles. The van der Waals surface area contributed by atoms with Gasteiger partial charge in [-0.05, 0) is 24.5 Å². The minimum absolute atomic E-state index is 0.473. The van der Waals surface area contributed by atoms with Crippen molar-refractivity contribution in [3.8, 4) is 5.75 Å². The number of hydrogen-bond donors (Lipinski definition) is 0. The standard InChI is InChI=1S/C12H18ClNO2/c1-10(2)5-6-15-7-8-16-11-3-4-12(13)14-9-11/h3-4,9-10H,5-8H2,1-2H3. The van der Waals surface area contributed by atoms with E-state index in [9.17, 15) is 0 Å². The Bertz CT molecular complexity index is 288. The minimum atomic E-state index is 0.473. The van der Waals surface area contributed by atoms with Crippen molar-refractivity contribution in [1.29, 1.82) is 0 Å². The van der Waals surface area contributed by atoms with Gasteiger partial charge in [-0.15, -0.1) is 0 Å². The fraction of sp³-hybridized carbons (Fsp3) is 0.583. The fourth-order valence-electron chi connectivity index (χ4n) is 1.09. The highest BCUT2D eigenvalue weighted by Gasteiger charge is 1.96. The maximum absolute atomic E-state index is 5.65. The quantitative estimate of drug-likeness (QED) is 0.545. The molecule has 0 aliphatic carbocycles. The van der Waals surface area contributed by atoms with Gasteiger partial charge in [0.1, 0.15) is 17.5 Å². The molecular formula is C12H18ClNO2. The van der Waals surface area contributed by atoms with Crippen LogP contribution < -0.4 is 4.74 Å². The number of hydrogen-bond acceptors (Lipinski definition) is 3. The molecule has 0 fully saturated rings. The second-order valence-electron chi connectivity index (χ2n) is 3.96. The molecule has 0 aliphatic rings. The van der Waals surface area contributed by atoms with E-state index in [1.807, 2.05) is 0 Å². The third-order valence-corrected chi connectivity index (χ3v) is 2.26. The Morgan fingerprint density at radius 3 is 2.69 bits per heavy atom. The van der Waals surface area contributed by atoms with Gasteiger partial charge in [-0.25, -0.2) is 4.98 Å². The molecule has 0 N–H and O–H groups in total. The zero-order valence-electron chi connectivity index (χ0n) is 9.78. The molecule has 0 aromatic carbocycles. The third-order valence-electron chi connectivity index (χ3n) is 2.04. The van der Waals surface area contributed by atoms with E-state index < -0.39 is 0 Å². The molecule has 16 heavy (non-hydrogen) atoms. The molecule has 1 aromatic rings. The summed E-state index contributed by atoms with van der Waals surface area (Å²) in [5.74, 6) is 1.40. The molecule has 0 spiro atoms. The first-order chi connectivity index (χ1) is 7.68. The van der Waals surface area contributed by atoms with E-state index >= 15 is 0 Å². The average Bonchev–Trinajstić information content (AvgIpc) is 2.25. The van der Waals surface area contributed by atoms with E-state index in [1.54, 1.807) is 18.3 Å². The third kappa shape index (κ3) is 5.93. The molecule has 90 valence electrons. The first kappa shape index (κ1) is 13.3. The highest BCUT2D eigenvalue weighted by Crippen LogP contribution is 2.11. The van der Waals surface area contributed by atoms with E-state index in [0.29, 0.717) is 24.3 Å². The van der Waals surface area contributed by atoms with Gasteiger partial charge in [-0.1, -0.05) is 25.4 Å². The zero-order chi connectivity index (χ0) is 11.8. The number of nitrogens with zero attached hydrogens (tertiary/aromatic N) is 1. The van der Waals surface area contributed by atoms with E-state index in [4.69, 9.17) is 21.1 Å². The smallest absolute Gasteiger partial charge is 0.137 e. The van der Waals surface area contributed by atoms with Crippen molar-refractivity contribution >= 4 is 11.6 Å². The van der Waals surface area contributed by atoms with Crippen LogP contribution in [-0.2, 0) is 4.74 Å². The Kier molecular flexibility index (Phi) is 6.19. The Morgan fingerprint density at radius 2 is 2.06 bits per heavy atom. The Balaban J connectivity index is 2.05. The molecule has 0 aliphatic heterocycles. The molecule has 0 bridgehead atoms. The predicted octanol–water partition coefficient (Wildman–Crippen LogP) is 3.18. The van der Waals surface area contributed by atoms with Crippen LogP contribution >= 0.6 is 11.6 Å². The van der Waals surface area contributed by atoms with Crippen molar-refractivity contribution in [2.45, 2.75) is 20.3 Å². The molecule has 1 heterocycles. The van der Waals surface area contributed by atoms with Gasteiger partial charge in [0.15, 0.2) is 0 Å². The molecule has 0 unspecified atom stereocenters. The van der Waals surface area contributed by atoms with Gasteiger partial charge in [0, 0.05) is 6.61 Å². The Labute approximate surface area is 102 Å². The normalized spacial score (nSPS) is 10.8. The summed E-state index contributed by atoms with van der Waals surface area (Å²) in [6, 6.07) is 3.50. The van der Waals surface area contributed by atoms with Crippen LogP contribution in [-0.4, -0.2) is 24.8 Å². The van der Waals surface area contributed by atoms with Crippen molar-refractivity contribution < 1.29 is 9.47 Å². The lowest BCUT2D eigenvalue weighted by Crippen LogP contribution is -2.08. The highest BCUT2D eigenvalue weighted by atomic mass is 35.5. The summed E-state index contributed by atoms with van der Waals surface area (Å²) >= 11 is 5.65. The summed E-state index contributed by atoms with van der Waals surface area (Å²) < 4.78 is 10.8. The van der Waals surface area contributed by atoms with E-state index in [2.05, 4.69) is 18.8 Å². The summed E-state index contributed by atoms with van der Waals surface area (Å²) in [5, 5.41) is 0.473. The lowest BCUT2D eigenvalue weighted by atomic mass is 10.1. The molecule has 1 rings (SSSR count). The minimum Gasteiger partial charge on any atom is -0.490 e. The maximum Gasteiger partial charge on any atom is 0.137 e. The second kappa shape index (κ2) is 7.47. The average molecular weight is 244 g/mol. The summed E-state index contributed by atoms with van der Waals surface area (Å²) in [7, 11) is 0. The topological polar surface area (TPSA) is 31.4 Å². The lowest BCUT2D eigenvalue weighted by Gasteiger charge is -2.08. The van der Waals surface area contributed by atoms with E-state index in [1.165, 1.54) is 0 Å². The molecule has 0 radical (unpaired) electrons. The van der Waals surface area contributed by atoms with Crippen LogP contribution in [0.25, 0.3) is 0 Å². The first-order valence-electron chi connectivity index (χ1n) is 5.50. The van der Waals surface area contributed by atoms with Crippen LogP contribution in [0.3, 0.4) is 0 Å². The van der Waals surface area contributed by atoms with Crippen molar-refractivity contribution in [3.63, 3.8) is 0 Å². The summed E-state index contributed by atoms with van der Waals surface area (Å²) in [6.45, 7) is 6.30. The van der Waals surface area contributed by atoms with Gasteiger partial charge in [0.05, 0.1) is 12.8 Å². The fourth-order valence-corrected chi connectivity index (χ4v) is 1.20. The largest absolute Gasteiger partial charge is 0.490 e. The monoisotopic (exact) mass is 243 g/mol. The lowest BCUT2D eigenvalue weighted by molar-refractivity contribution is 0.0925. The van der Waals surface area contributed by atoms with Gasteiger partial charge in [0.25, 0.3) is 0 Å². The van der Waals surface area contributed by atoms with Crippen LogP contribution in [0, 0.1) is 5.92 Å².